The molecule has 2 unspecified atom stereocenters. The van der Waals surface area contributed by atoms with Crippen LogP contribution in [0.25, 0.3) is 0 Å². The van der Waals surface area contributed by atoms with Crippen molar-refractivity contribution in [2.75, 3.05) is 6.61 Å². The fourth-order valence-corrected chi connectivity index (χ4v) is 1.31. The number of nitrogens with one attached hydrogen (secondary N) is 1. The summed E-state index contributed by atoms with van der Waals surface area (Å²) >= 11 is 0. The van der Waals surface area contributed by atoms with E-state index >= 15 is 0 Å². The van der Waals surface area contributed by atoms with Crippen LogP contribution in [0.15, 0.2) is 0 Å². The SMILES string of the molecule is CCC1OCC1NC(C)C. The smallest absolute Gasteiger partial charge is 0.0748 e. The van der Waals surface area contributed by atoms with Gasteiger partial charge in [0.15, 0.2) is 0 Å². The van der Waals surface area contributed by atoms with E-state index in [-0.39, 0.29) is 0 Å². The normalized spacial score (nSPS) is 32.4. The first-order chi connectivity index (χ1) is 4.74. The summed E-state index contributed by atoms with van der Waals surface area (Å²) in [5.74, 6) is 0. The molecule has 0 aromatic carbocycles. The Morgan fingerprint density at radius 2 is 2.30 bits per heavy atom. The Hall–Kier alpha value is -0.0800. The van der Waals surface area contributed by atoms with Crippen molar-refractivity contribution in [3.8, 4) is 0 Å². The molecule has 2 atom stereocenters. The van der Waals surface area contributed by atoms with Gasteiger partial charge in [-0.3, -0.25) is 0 Å². The van der Waals surface area contributed by atoms with Crippen LogP contribution in [-0.2, 0) is 4.74 Å². The fraction of sp³-hybridized carbons (Fsp3) is 1.00. The van der Waals surface area contributed by atoms with Crippen LogP contribution in [0, 0.1) is 0 Å². The molecule has 60 valence electrons. The third kappa shape index (κ3) is 1.70. The molecule has 1 heterocycles. The van der Waals surface area contributed by atoms with Crippen LogP contribution in [0.5, 0.6) is 0 Å². The lowest BCUT2D eigenvalue weighted by Gasteiger charge is -2.38. The number of hydrogen-bond donors (Lipinski definition) is 1. The van der Waals surface area contributed by atoms with Gasteiger partial charge in [0.05, 0.1) is 18.8 Å². The first-order valence-corrected chi connectivity index (χ1v) is 4.11. The number of ether oxygens (including phenoxy) is 1. The van der Waals surface area contributed by atoms with Gasteiger partial charge in [0, 0.05) is 6.04 Å². The van der Waals surface area contributed by atoms with E-state index in [2.05, 4.69) is 26.1 Å². The second-order valence-corrected chi connectivity index (χ2v) is 3.21. The van der Waals surface area contributed by atoms with Crippen molar-refractivity contribution in [2.24, 2.45) is 0 Å². The first kappa shape index (κ1) is 8.02. The molecule has 1 aliphatic heterocycles. The molecule has 10 heavy (non-hydrogen) atoms. The third-order valence-electron chi connectivity index (χ3n) is 1.89. The molecular formula is C8H17NO. The lowest BCUT2D eigenvalue weighted by molar-refractivity contribution is -0.0903. The summed E-state index contributed by atoms with van der Waals surface area (Å²) in [6.07, 6.45) is 1.60. The molecule has 2 nitrogen and oxygen atoms in total. The van der Waals surface area contributed by atoms with Crippen LogP contribution in [0.2, 0.25) is 0 Å². The summed E-state index contributed by atoms with van der Waals surface area (Å²) in [6.45, 7) is 7.41. The lowest BCUT2D eigenvalue weighted by atomic mass is 10.0. The van der Waals surface area contributed by atoms with E-state index < -0.39 is 0 Å². The van der Waals surface area contributed by atoms with Crippen LogP contribution in [0.1, 0.15) is 27.2 Å². The minimum absolute atomic E-state index is 0.474. The quantitative estimate of drug-likeness (QED) is 0.640. The topological polar surface area (TPSA) is 21.3 Å². The molecule has 1 saturated heterocycles. The molecule has 0 aromatic heterocycles. The molecule has 0 spiro atoms. The zero-order chi connectivity index (χ0) is 7.56. The van der Waals surface area contributed by atoms with Gasteiger partial charge in [-0.25, -0.2) is 0 Å². The van der Waals surface area contributed by atoms with Gasteiger partial charge in [-0.1, -0.05) is 20.8 Å². The Labute approximate surface area is 63.0 Å². The van der Waals surface area contributed by atoms with Gasteiger partial charge in [-0.05, 0) is 6.42 Å². The summed E-state index contributed by atoms with van der Waals surface area (Å²) < 4.78 is 5.33. The van der Waals surface area contributed by atoms with Gasteiger partial charge >= 0.3 is 0 Å². The molecule has 1 aliphatic rings. The third-order valence-corrected chi connectivity index (χ3v) is 1.89. The largest absolute Gasteiger partial charge is 0.375 e. The van der Waals surface area contributed by atoms with Crippen LogP contribution in [0.4, 0.5) is 0 Å². The number of hydrogen-bond acceptors (Lipinski definition) is 2. The summed E-state index contributed by atoms with van der Waals surface area (Å²) in [6, 6.07) is 1.20. The minimum atomic E-state index is 0.474. The predicted octanol–water partition coefficient (Wildman–Crippen LogP) is 1.16. The second-order valence-electron chi connectivity index (χ2n) is 3.21. The van der Waals surface area contributed by atoms with Crippen molar-refractivity contribution >= 4 is 0 Å². The summed E-state index contributed by atoms with van der Waals surface area (Å²) in [5, 5.41) is 3.46. The lowest BCUT2D eigenvalue weighted by Crippen LogP contribution is -2.55. The van der Waals surface area contributed by atoms with E-state index in [0.29, 0.717) is 18.2 Å². The first-order valence-electron chi connectivity index (χ1n) is 4.11. The van der Waals surface area contributed by atoms with Gasteiger partial charge in [-0.15, -0.1) is 0 Å². The minimum Gasteiger partial charge on any atom is -0.375 e. The van der Waals surface area contributed by atoms with Gasteiger partial charge in [0.1, 0.15) is 0 Å². The molecule has 1 fully saturated rings. The van der Waals surface area contributed by atoms with Crippen molar-refractivity contribution in [3.05, 3.63) is 0 Å². The van der Waals surface area contributed by atoms with E-state index in [1.54, 1.807) is 0 Å². The summed E-state index contributed by atoms with van der Waals surface area (Å²) in [5.41, 5.74) is 0. The Morgan fingerprint density at radius 3 is 2.60 bits per heavy atom. The fourth-order valence-electron chi connectivity index (χ4n) is 1.31. The summed E-state index contributed by atoms with van der Waals surface area (Å²) in [4.78, 5) is 0. The maximum absolute atomic E-state index is 5.33. The highest BCUT2D eigenvalue weighted by Gasteiger charge is 2.30. The highest BCUT2D eigenvalue weighted by atomic mass is 16.5. The average Bonchev–Trinajstić information content (AvgIpc) is 1.82. The monoisotopic (exact) mass is 143 g/mol. The molecule has 2 heteroatoms. The van der Waals surface area contributed by atoms with Crippen LogP contribution in [-0.4, -0.2) is 24.8 Å². The van der Waals surface area contributed by atoms with E-state index in [9.17, 15) is 0 Å². The zero-order valence-electron chi connectivity index (χ0n) is 7.05. The van der Waals surface area contributed by atoms with Crippen LogP contribution < -0.4 is 5.32 Å². The van der Waals surface area contributed by atoms with E-state index in [4.69, 9.17) is 4.74 Å². The van der Waals surface area contributed by atoms with Crippen molar-refractivity contribution < 1.29 is 4.74 Å². The summed E-state index contributed by atoms with van der Waals surface area (Å²) in [7, 11) is 0. The Kier molecular flexibility index (Phi) is 2.69. The second kappa shape index (κ2) is 3.35. The van der Waals surface area contributed by atoms with Crippen LogP contribution in [0.3, 0.4) is 0 Å². The molecule has 0 saturated carbocycles. The molecular weight excluding hydrogens is 126 g/mol. The Bertz CT molecular complexity index is 101. The Balaban J connectivity index is 2.16. The van der Waals surface area contributed by atoms with E-state index in [1.807, 2.05) is 0 Å². The van der Waals surface area contributed by atoms with Crippen molar-refractivity contribution in [1.82, 2.24) is 5.32 Å². The standard InChI is InChI=1S/C8H17NO/c1-4-8-7(5-10-8)9-6(2)3/h6-9H,4-5H2,1-3H3. The van der Waals surface area contributed by atoms with E-state index in [1.165, 1.54) is 0 Å². The van der Waals surface area contributed by atoms with Gasteiger partial charge in [0.25, 0.3) is 0 Å². The maximum atomic E-state index is 5.33. The molecule has 0 radical (unpaired) electrons. The van der Waals surface area contributed by atoms with Crippen molar-refractivity contribution in [1.29, 1.82) is 0 Å². The maximum Gasteiger partial charge on any atom is 0.0748 e. The van der Waals surface area contributed by atoms with Gasteiger partial charge < -0.3 is 10.1 Å². The zero-order valence-corrected chi connectivity index (χ0v) is 7.05. The molecule has 0 amide bonds. The van der Waals surface area contributed by atoms with Gasteiger partial charge in [-0.2, -0.15) is 0 Å². The van der Waals surface area contributed by atoms with E-state index in [0.717, 1.165) is 13.0 Å². The highest BCUT2D eigenvalue weighted by molar-refractivity contribution is 4.85. The molecule has 1 rings (SSSR count). The molecule has 1 N–H and O–H groups in total. The van der Waals surface area contributed by atoms with Gasteiger partial charge in [0.2, 0.25) is 0 Å². The molecule has 0 bridgehead atoms. The van der Waals surface area contributed by atoms with Crippen LogP contribution >= 0.6 is 0 Å². The molecule has 0 aromatic rings. The van der Waals surface area contributed by atoms with Crippen molar-refractivity contribution in [2.45, 2.75) is 45.4 Å². The molecule has 0 aliphatic carbocycles. The average molecular weight is 143 g/mol. The van der Waals surface area contributed by atoms with Crippen molar-refractivity contribution in [3.63, 3.8) is 0 Å². The highest BCUT2D eigenvalue weighted by Crippen LogP contribution is 2.15. The number of rotatable bonds is 3. The predicted molar refractivity (Wildman–Crippen MR) is 42.1 cm³/mol. The Morgan fingerprint density at radius 1 is 1.60 bits per heavy atom.